The summed E-state index contributed by atoms with van der Waals surface area (Å²) in [6.45, 7) is 6.83. The normalized spacial score (nSPS) is 12.0. The van der Waals surface area contributed by atoms with Crippen LogP contribution in [0.5, 0.6) is 0 Å². The van der Waals surface area contributed by atoms with Crippen molar-refractivity contribution in [2.75, 3.05) is 6.66 Å². The van der Waals surface area contributed by atoms with Gasteiger partial charge in [-0.1, -0.05) is 13.8 Å². The molecular formula is C6H15P. The van der Waals surface area contributed by atoms with Crippen LogP contribution in [0.1, 0.15) is 26.7 Å². The van der Waals surface area contributed by atoms with E-state index in [2.05, 4.69) is 20.5 Å². The Balaban J connectivity index is 2.99. The van der Waals surface area contributed by atoms with Crippen molar-refractivity contribution in [1.29, 1.82) is 0 Å². The molecule has 0 rings (SSSR count). The molecule has 44 valence electrons. The van der Waals surface area contributed by atoms with E-state index in [0.717, 1.165) is 14.2 Å². The van der Waals surface area contributed by atoms with Gasteiger partial charge in [0.1, 0.15) is 0 Å². The third-order valence-electron chi connectivity index (χ3n) is 1.39. The molecule has 0 heterocycles. The second kappa shape index (κ2) is 4.59. The van der Waals surface area contributed by atoms with Crippen molar-refractivity contribution in [3.8, 4) is 0 Å². The van der Waals surface area contributed by atoms with E-state index in [-0.39, 0.29) is 0 Å². The first-order chi connectivity index (χ1) is 3.35. The van der Waals surface area contributed by atoms with Crippen LogP contribution in [-0.4, -0.2) is 12.3 Å². The minimum absolute atomic E-state index is 1.01. The zero-order valence-corrected chi connectivity index (χ0v) is 6.49. The predicted molar refractivity (Wildman–Crippen MR) is 38.6 cm³/mol. The smallest absolute Gasteiger partial charge is 0.0244 e. The zero-order chi connectivity index (χ0) is 5.70. The van der Waals surface area contributed by atoms with Crippen molar-refractivity contribution in [3.05, 3.63) is 0 Å². The molecule has 0 fully saturated rings. The van der Waals surface area contributed by atoms with E-state index in [4.69, 9.17) is 0 Å². The number of hydrogen-bond acceptors (Lipinski definition) is 0. The van der Waals surface area contributed by atoms with Gasteiger partial charge in [-0.3, -0.25) is 0 Å². The van der Waals surface area contributed by atoms with Crippen LogP contribution in [0.4, 0.5) is 0 Å². The van der Waals surface area contributed by atoms with Gasteiger partial charge in [0.15, 0.2) is 0 Å². The van der Waals surface area contributed by atoms with E-state index in [9.17, 15) is 0 Å². The van der Waals surface area contributed by atoms with Crippen LogP contribution in [0.3, 0.4) is 0 Å². The third-order valence-corrected chi connectivity index (χ3v) is 3.03. The summed E-state index contributed by atoms with van der Waals surface area (Å²) in [4.78, 5) is 0. The molecule has 0 amide bonds. The van der Waals surface area contributed by atoms with Crippen LogP contribution in [0.25, 0.3) is 0 Å². The maximum atomic E-state index is 2.29. The average molecular weight is 118 g/mol. The van der Waals surface area contributed by atoms with Gasteiger partial charge in [-0.2, -0.15) is 0 Å². The minimum Gasteiger partial charge on any atom is -0.122 e. The molecule has 0 saturated carbocycles. The highest BCUT2D eigenvalue weighted by Gasteiger charge is 1.95. The summed E-state index contributed by atoms with van der Waals surface area (Å²) in [6, 6.07) is 0. The maximum Gasteiger partial charge on any atom is -0.0244 e. The van der Waals surface area contributed by atoms with Gasteiger partial charge in [0.25, 0.3) is 0 Å². The number of rotatable bonds is 3. The van der Waals surface area contributed by atoms with E-state index in [1.165, 1.54) is 12.8 Å². The standard InChI is InChI=1S/C6H15P/c1-4-6(5-2)7-3/h6-7H,4-5H2,1-3H3. The fourth-order valence-corrected chi connectivity index (χ4v) is 1.51. The molecule has 0 nitrogen and oxygen atoms in total. The third kappa shape index (κ3) is 3.05. The van der Waals surface area contributed by atoms with Crippen molar-refractivity contribution in [3.63, 3.8) is 0 Å². The highest BCUT2D eigenvalue weighted by Crippen LogP contribution is 2.19. The Morgan fingerprint density at radius 3 is 1.71 bits per heavy atom. The lowest BCUT2D eigenvalue weighted by molar-refractivity contribution is 0.788. The van der Waals surface area contributed by atoms with Crippen LogP contribution in [0, 0.1) is 0 Å². The Bertz CT molecular complexity index is 25.7. The fraction of sp³-hybridized carbons (Fsp3) is 1.00. The van der Waals surface area contributed by atoms with E-state index in [1.54, 1.807) is 0 Å². The first kappa shape index (κ1) is 7.43. The molecule has 0 aliphatic heterocycles. The second-order valence-electron chi connectivity index (χ2n) is 1.80. The molecule has 0 aromatic rings. The summed E-state index contributed by atoms with van der Waals surface area (Å²) in [5, 5.41) is 0. The van der Waals surface area contributed by atoms with Gasteiger partial charge >= 0.3 is 0 Å². The topological polar surface area (TPSA) is 0 Å². The summed E-state index contributed by atoms with van der Waals surface area (Å²) in [6.07, 6.45) is 2.73. The molecular weight excluding hydrogens is 103 g/mol. The van der Waals surface area contributed by atoms with Gasteiger partial charge in [0.2, 0.25) is 0 Å². The van der Waals surface area contributed by atoms with Crippen molar-refractivity contribution in [2.45, 2.75) is 32.3 Å². The molecule has 0 aromatic heterocycles. The van der Waals surface area contributed by atoms with Gasteiger partial charge in [-0.15, -0.1) is 8.58 Å². The van der Waals surface area contributed by atoms with E-state index in [0.29, 0.717) is 0 Å². The SMILES string of the molecule is CCC(CC)PC. The lowest BCUT2D eigenvalue weighted by atomic mass is 10.3. The van der Waals surface area contributed by atoms with Crippen molar-refractivity contribution in [1.82, 2.24) is 0 Å². The average Bonchev–Trinajstić information content (AvgIpc) is 1.72. The highest BCUT2D eigenvalue weighted by molar-refractivity contribution is 7.37. The largest absolute Gasteiger partial charge is 0.122 e. The summed E-state index contributed by atoms with van der Waals surface area (Å²) in [5.74, 6) is 0. The van der Waals surface area contributed by atoms with Crippen LogP contribution >= 0.6 is 8.58 Å². The number of hydrogen-bond donors (Lipinski definition) is 0. The lowest BCUT2D eigenvalue weighted by Gasteiger charge is -2.05. The molecule has 0 aliphatic carbocycles. The lowest BCUT2D eigenvalue weighted by Crippen LogP contribution is -1.92. The molecule has 0 aromatic carbocycles. The van der Waals surface area contributed by atoms with Gasteiger partial charge < -0.3 is 0 Å². The van der Waals surface area contributed by atoms with Crippen molar-refractivity contribution < 1.29 is 0 Å². The Hall–Kier alpha value is 0.430. The van der Waals surface area contributed by atoms with Crippen molar-refractivity contribution in [2.24, 2.45) is 0 Å². The van der Waals surface area contributed by atoms with Gasteiger partial charge in [-0.05, 0) is 25.2 Å². The summed E-state index contributed by atoms with van der Waals surface area (Å²) in [5.41, 5.74) is 1.01. The van der Waals surface area contributed by atoms with Crippen LogP contribution in [0.15, 0.2) is 0 Å². The molecule has 0 N–H and O–H groups in total. The quantitative estimate of drug-likeness (QED) is 0.499. The van der Waals surface area contributed by atoms with Gasteiger partial charge in [-0.25, -0.2) is 0 Å². The Labute approximate surface area is 48.5 Å². The molecule has 1 atom stereocenters. The second-order valence-corrected chi connectivity index (χ2v) is 3.20. The fourth-order valence-electron chi connectivity index (χ4n) is 0.697. The van der Waals surface area contributed by atoms with E-state index < -0.39 is 0 Å². The highest BCUT2D eigenvalue weighted by atomic mass is 31.1. The van der Waals surface area contributed by atoms with Gasteiger partial charge in [0, 0.05) is 0 Å². The maximum absolute atomic E-state index is 2.29. The van der Waals surface area contributed by atoms with Crippen LogP contribution < -0.4 is 0 Å². The molecule has 0 spiro atoms. The summed E-state index contributed by atoms with van der Waals surface area (Å²) >= 11 is 0. The van der Waals surface area contributed by atoms with E-state index >= 15 is 0 Å². The monoisotopic (exact) mass is 118 g/mol. The first-order valence-electron chi connectivity index (χ1n) is 3.02. The summed E-state index contributed by atoms with van der Waals surface area (Å²) in [7, 11) is 1.15. The molecule has 0 aliphatic rings. The molecule has 7 heavy (non-hydrogen) atoms. The first-order valence-corrected chi connectivity index (χ1v) is 4.60. The molecule has 1 unspecified atom stereocenters. The van der Waals surface area contributed by atoms with Gasteiger partial charge in [0.05, 0.1) is 0 Å². The molecule has 0 bridgehead atoms. The van der Waals surface area contributed by atoms with Crippen LogP contribution in [-0.2, 0) is 0 Å². The molecule has 0 radical (unpaired) electrons. The van der Waals surface area contributed by atoms with Crippen LogP contribution in [0.2, 0.25) is 0 Å². The predicted octanol–water partition coefficient (Wildman–Crippen LogP) is 2.48. The Kier molecular flexibility index (Phi) is 4.87. The Morgan fingerprint density at radius 1 is 1.29 bits per heavy atom. The molecule has 1 heteroatoms. The minimum atomic E-state index is 1.01. The molecule has 0 saturated heterocycles. The Morgan fingerprint density at radius 2 is 1.71 bits per heavy atom. The summed E-state index contributed by atoms with van der Waals surface area (Å²) < 4.78 is 0. The van der Waals surface area contributed by atoms with Crippen molar-refractivity contribution >= 4 is 8.58 Å². The zero-order valence-electron chi connectivity index (χ0n) is 5.49. The van der Waals surface area contributed by atoms with E-state index in [1.807, 2.05) is 0 Å².